The van der Waals surface area contributed by atoms with Gasteiger partial charge in [-0.3, -0.25) is 4.79 Å². The highest BCUT2D eigenvalue weighted by molar-refractivity contribution is 5.84. The van der Waals surface area contributed by atoms with Gasteiger partial charge < -0.3 is 14.2 Å². The molecule has 0 atom stereocenters. The second kappa shape index (κ2) is 6.76. The maximum absolute atomic E-state index is 13.3. The molecule has 0 amide bonds. The van der Waals surface area contributed by atoms with E-state index in [1.165, 1.54) is 0 Å². The molecule has 0 aliphatic rings. The molecule has 25 heavy (non-hydrogen) atoms. The van der Waals surface area contributed by atoms with Gasteiger partial charge in [-0.1, -0.05) is 0 Å². The fraction of sp³-hybridized carbons (Fsp3) is 0.385. The molecule has 1 aromatic rings. The van der Waals surface area contributed by atoms with Crippen molar-refractivity contribution in [2.24, 2.45) is 0 Å². The lowest BCUT2D eigenvalue weighted by molar-refractivity contribution is -0.346. The van der Waals surface area contributed by atoms with Gasteiger partial charge in [0.05, 0.1) is 14.2 Å². The molecule has 0 saturated heterocycles. The summed E-state index contributed by atoms with van der Waals surface area (Å²) in [6, 6.07) is 1.72. The van der Waals surface area contributed by atoms with E-state index >= 15 is 0 Å². The second-order valence-corrected chi connectivity index (χ2v) is 4.41. The lowest BCUT2D eigenvalue weighted by atomic mass is 10.1. The predicted molar refractivity (Wildman–Crippen MR) is 66.5 cm³/mol. The van der Waals surface area contributed by atoms with E-state index < -0.39 is 41.2 Å². The molecule has 0 N–H and O–H groups in total. The van der Waals surface area contributed by atoms with Crippen LogP contribution in [0.4, 0.5) is 30.7 Å². The third kappa shape index (κ3) is 3.61. The summed E-state index contributed by atoms with van der Waals surface area (Å²) in [5.41, 5.74) is -0.138. The Morgan fingerprint density at radius 3 is 1.72 bits per heavy atom. The van der Waals surface area contributed by atoms with Crippen LogP contribution in [0.15, 0.2) is 12.1 Å². The van der Waals surface area contributed by atoms with Crippen molar-refractivity contribution >= 4 is 12.3 Å². The van der Waals surface area contributed by atoms with Gasteiger partial charge in [0.1, 0.15) is 6.29 Å². The van der Waals surface area contributed by atoms with Crippen molar-refractivity contribution in [2.45, 2.75) is 18.0 Å². The molecule has 0 fully saturated rings. The smallest absolute Gasteiger partial charge is 0.460 e. The Labute approximate surface area is 135 Å². The summed E-state index contributed by atoms with van der Waals surface area (Å²) in [5, 5.41) is 0. The largest absolute Gasteiger partial charge is 0.493 e. The Bertz CT molecular complexity index is 644. The molecular formula is C13H9F7O5. The lowest BCUT2D eigenvalue weighted by Gasteiger charge is -2.26. The average Bonchev–Trinajstić information content (AvgIpc) is 2.53. The molecule has 0 aromatic heterocycles. The zero-order valence-electron chi connectivity index (χ0n) is 12.4. The third-order valence-electron chi connectivity index (χ3n) is 2.82. The van der Waals surface area contributed by atoms with Gasteiger partial charge >= 0.3 is 24.0 Å². The predicted octanol–water partition coefficient (Wildman–Crippen LogP) is 3.25. The summed E-state index contributed by atoms with van der Waals surface area (Å²) in [7, 11) is 1.87. The van der Waals surface area contributed by atoms with Crippen molar-refractivity contribution in [2.75, 3.05) is 14.2 Å². The van der Waals surface area contributed by atoms with E-state index in [4.69, 9.17) is 0 Å². The summed E-state index contributed by atoms with van der Waals surface area (Å²) in [5.74, 6) is -18.3. The van der Waals surface area contributed by atoms with Crippen molar-refractivity contribution in [3.05, 3.63) is 17.7 Å². The highest BCUT2D eigenvalue weighted by Crippen LogP contribution is 2.48. The number of aldehydes is 1. The lowest BCUT2D eigenvalue weighted by Crippen LogP contribution is -2.57. The number of ether oxygens (including phenoxy) is 3. The number of alkyl halides is 7. The summed E-state index contributed by atoms with van der Waals surface area (Å²) < 4.78 is 102. The van der Waals surface area contributed by atoms with Crippen LogP contribution in [0.5, 0.6) is 17.2 Å². The van der Waals surface area contributed by atoms with E-state index in [1.54, 1.807) is 0 Å². The molecule has 0 unspecified atom stereocenters. The Kier molecular flexibility index (Phi) is 5.55. The van der Waals surface area contributed by atoms with Gasteiger partial charge in [-0.15, -0.1) is 0 Å². The van der Waals surface area contributed by atoms with Crippen molar-refractivity contribution < 1.29 is 54.5 Å². The molecule has 1 aromatic carbocycles. The summed E-state index contributed by atoms with van der Waals surface area (Å²) in [4.78, 5) is 22.0. The Morgan fingerprint density at radius 1 is 0.960 bits per heavy atom. The summed E-state index contributed by atoms with van der Waals surface area (Å²) in [6.07, 6.45) is -6.44. The molecule has 0 saturated carbocycles. The molecule has 1 rings (SSSR count). The average molecular weight is 378 g/mol. The number of esters is 1. The van der Waals surface area contributed by atoms with Gasteiger partial charge in [0, 0.05) is 5.56 Å². The van der Waals surface area contributed by atoms with Crippen molar-refractivity contribution in [1.29, 1.82) is 0 Å². The van der Waals surface area contributed by atoms with Gasteiger partial charge in [-0.05, 0) is 12.1 Å². The number of carbonyl (C=O) groups is 2. The molecular weight excluding hydrogens is 369 g/mol. The Morgan fingerprint density at radius 2 is 1.40 bits per heavy atom. The highest BCUT2D eigenvalue weighted by atomic mass is 19.4. The topological polar surface area (TPSA) is 61.8 Å². The molecule has 12 heteroatoms. The van der Waals surface area contributed by atoms with Gasteiger partial charge in [-0.25, -0.2) is 4.79 Å². The number of carbonyl (C=O) groups excluding carboxylic acids is 2. The van der Waals surface area contributed by atoms with Gasteiger partial charge in [0.2, 0.25) is 5.75 Å². The zero-order valence-corrected chi connectivity index (χ0v) is 12.4. The van der Waals surface area contributed by atoms with E-state index in [-0.39, 0.29) is 11.8 Å². The van der Waals surface area contributed by atoms with E-state index in [1.807, 2.05) is 0 Å². The molecule has 0 heterocycles. The number of hydrogen-bond donors (Lipinski definition) is 0. The van der Waals surface area contributed by atoms with E-state index in [9.17, 15) is 40.3 Å². The fourth-order valence-corrected chi connectivity index (χ4v) is 1.53. The van der Waals surface area contributed by atoms with Crippen LogP contribution >= 0.6 is 0 Å². The van der Waals surface area contributed by atoms with Crippen molar-refractivity contribution in [3.8, 4) is 17.2 Å². The van der Waals surface area contributed by atoms with E-state index in [0.717, 1.165) is 26.4 Å². The zero-order chi connectivity index (χ0) is 19.6. The maximum Gasteiger partial charge on any atom is 0.460 e. The van der Waals surface area contributed by atoms with Crippen molar-refractivity contribution in [1.82, 2.24) is 0 Å². The number of benzene rings is 1. The highest BCUT2D eigenvalue weighted by Gasteiger charge is 2.77. The number of hydrogen-bond acceptors (Lipinski definition) is 5. The molecule has 0 radical (unpaired) electrons. The Hall–Kier alpha value is -2.53. The molecule has 0 aliphatic heterocycles. The SMILES string of the molecule is COc1cc(C=O)cc(OC)c1OC(=O)C(F)(F)C(F)(F)C(F)(F)F. The first-order valence-electron chi connectivity index (χ1n) is 6.09. The molecule has 140 valence electrons. The first-order valence-corrected chi connectivity index (χ1v) is 6.09. The fourth-order valence-electron chi connectivity index (χ4n) is 1.53. The maximum atomic E-state index is 13.3. The van der Waals surface area contributed by atoms with Crippen LogP contribution in [0.1, 0.15) is 10.4 Å². The van der Waals surface area contributed by atoms with Crippen LogP contribution < -0.4 is 14.2 Å². The minimum Gasteiger partial charge on any atom is -0.493 e. The van der Waals surface area contributed by atoms with Gasteiger partial charge in [-0.2, -0.15) is 30.7 Å². The standard InChI is InChI=1S/C13H9F7O5/c1-23-7-3-6(5-21)4-8(24-2)9(7)25-10(22)11(14,15)12(16,17)13(18,19)20/h3-5H,1-2H3. The molecule has 5 nitrogen and oxygen atoms in total. The summed E-state index contributed by atoms with van der Waals surface area (Å²) >= 11 is 0. The van der Waals surface area contributed by atoms with Crippen molar-refractivity contribution in [3.63, 3.8) is 0 Å². The Balaban J connectivity index is 3.34. The second-order valence-electron chi connectivity index (χ2n) is 4.41. The minimum atomic E-state index is -6.70. The quantitative estimate of drug-likeness (QED) is 0.329. The van der Waals surface area contributed by atoms with Crippen LogP contribution in [0, 0.1) is 0 Å². The molecule has 0 aliphatic carbocycles. The van der Waals surface area contributed by atoms with E-state index in [2.05, 4.69) is 14.2 Å². The monoisotopic (exact) mass is 378 g/mol. The first kappa shape index (κ1) is 20.5. The van der Waals surface area contributed by atoms with E-state index in [0.29, 0.717) is 0 Å². The van der Waals surface area contributed by atoms with Crippen LogP contribution in [-0.2, 0) is 4.79 Å². The number of rotatable bonds is 6. The minimum absolute atomic E-state index is 0.138. The summed E-state index contributed by atoms with van der Waals surface area (Å²) in [6.45, 7) is 0. The third-order valence-corrected chi connectivity index (χ3v) is 2.82. The van der Waals surface area contributed by atoms with Crippen LogP contribution in [0.25, 0.3) is 0 Å². The molecule has 0 bridgehead atoms. The van der Waals surface area contributed by atoms with Gasteiger partial charge in [0.25, 0.3) is 0 Å². The molecule has 0 spiro atoms. The van der Waals surface area contributed by atoms with Crippen LogP contribution in [0.2, 0.25) is 0 Å². The van der Waals surface area contributed by atoms with Crippen LogP contribution in [0.3, 0.4) is 0 Å². The van der Waals surface area contributed by atoms with Crippen LogP contribution in [-0.4, -0.2) is 44.5 Å². The number of methoxy groups -OCH3 is 2. The number of halogens is 7. The van der Waals surface area contributed by atoms with Gasteiger partial charge in [0.15, 0.2) is 11.5 Å². The normalized spacial score (nSPS) is 12.5. The first-order chi connectivity index (χ1) is 11.3.